The van der Waals surface area contributed by atoms with Gasteiger partial charge in [-0.2, -0.15) is 0 Å². The lowest BCUT2D eigenvalue weighted by molar-refractivity contribution is 0.0696. The summed E-state index contributed by atoms with van der Waals surface area (Å²) in [5, 5.41) is 19.7. The summed E-state index contributed by atoms with van der Waals surface area (Å²) in [7, 11) is 0. The molecule has 1 unspecified atom stereocenters. The molecule has 4 heteroatoms. The van der Waals surface area contributed by atoms with E-state index in [2.05, 4.69) is 37.9 Å². The average molecular weight is 351 g/mol. The first-order valence-corrected chi connectivity index (χ1v) is 9.28. The summed E-state index contributed by atoms with van der Waals surface area (Å²) in [5.41, 5.74) is 5.83. The largest absolute Gasteiger partial charge is 0.478 e. The lowest BCUT2D eigenvalue weighted by Gasteiger charge is -2.36. The molecule has 2 aromatic rings. The first-order chi connectivity index (χ1) is 12.2. The van der Waals surface area contributed by atoms with Crippen LogP contribution >= 0.6 is 0 Å². The average Bonchev–Trinajstić information content (AvgIpc) is 3.40. The first kappa shape index (κ1) is 17.2. The number of hydrogen-bond donors (Lipinski definition) is 2. The second-order valence-electron chi connectivity index (χ2n) is 8.51. The van der Waals surface area contributed by atoms with E-state index in [4.69, 9.17) is 5.11 Å². The van der Waals surface area contributed by atoms with Gasteiger partial charge in [0, 0.05) is 11.6 Å². The van der Waals surface area contributed by atoms with Crippen LogP contribution in [-0.2, 0) is 10.8 Å². The van der Waals surface area contributed by atoms with Gasteiger partial charge in [-0.3, -0.25) is 4.98 Å². The van der Waals surface area contributed by atoms with Gasteiger partial charge in [0.25, 0.3) is 0 Å². The van der Waals surface area contributed by atoms with Gasteiger partial charge in [0.1, 0.15) is 0 Å². The van der Waals surface area contributed by atoms with Gasteiger partial charge in [-0.05, 0) is 72.4 Å². The van der Waals surface area contributed by atoms with Crippen LogP contribution in [0.25, 0.3) is 0 Å². The van der Waals surface area contributed by atoms with E-state index in [1.165, 1.54) is 22.9 Å². The van der Waals surface area contributed by atoms with Crippen LogP contribution in [0.5, 0.6) is 0 Å². The van der Waals surface area contributed by atoms with Crippen molar-refractivity contribution in [3.63, 3.8) is 0 Å². The molecule has 0 bridgehead atoms. The molecule has 4 rings (SSSR count). The molecule has 4 nitrogen and oxygen atoms in total. The van der Waals surface area contributed by atoms with Gasteiger partial charge in [0.15, 0.2) is 0 Å². The van der Waals surface area contributed by atoms with E-state index in [9.17, 15) is 9.90 Å². The molecule has 0 amide bonds. The van der Waals surface area contributed by atoms with Crippen molar-refractivity contribution in [3.8, 4) is 0 Å². The summed E-state index contributed by atoms with van der Waals surface area (Å²) in [6.45, 7) is 6.63. The first-order valence-electron chi connectivity index (χ1n) is 9.28. The van der Waals surface area contributed by atoms with Gasteiger partial charge in [-0.1, -0.05) is 26.0 Å². The Morgan fingerprint density at radius 2 is 1.88 bits per heavy atom. The number of aryl methyl sites for hydroxylation is 1. The van der Waals surface area contributed by atoms with Crippen molar-refractivity contribution in [2.75, 3.05) is 0 Å². The van der Waals surface area contributed by atoms with Gasteiger partial charge in [-0.15, -0.1) is 0 Å². The summed E-state index contributed by atoms with van der Waals surface area (Å²) in [4.78, 5) is 15.6. The van der Waals surface area contributed by atoms with Gasteiger partial charge < -0.3 is 10.2 Å². The zero-order chi connectivity index (χ0) is 18.7. The minimum absolute atomic E-state index is 0.0793. The quantitative estimate of drug-likeness (QED) is 0.866. The van der Waals surface area contributed by atoms with Crippen LogP contribution in [0, 0.1) is 6.92 Å². The number of aromatic nitrogens is 1. The Morgan fingerprint density at radius 1 is 1.15 bits per heavy atom. The van der Waals surface area contributed by atoms with E-state index in [0.717, 1.165) is 36.9 Å². The van der Waals surface area contributed by atoms with Crippen LogP contribution in [0.15, 0.2) is 30.5 Å². The number of aliphatic hydroxyl groups excluding tert-OH is 1. The highest BCUT2D eigenvalue weighted by molar-refractivity contribution is 5.87. The Bertz CT molecular complexity index is 879. The van der Waals surface area contributed by atoms with E-state index in [0.29, 0.717) is 0 Å². The van der Waals surface area contributed by atoms with Crippen molar-refractivity contribution in [3.05, 3.63) is 64.0 Å². The molecule has 0 aliphatic heterocycles. The summed E-state index contributed by atoms with van der Waals surface area (Å²) >= 11 is 0. The normalized spacial score (nSPS) is 22.5. The number of aromatic carboxylic acids is 1. The van der Waals surface area contributed by atoms with Crippen LogP contribution in [0.3, 0.4) is 0 Å². The zero-order valence-electron chi connectivity index (χ0n) is 15.5. The maximum atomic E-state index is 11.1. The summed E-state index contributed by atoms with van der Waals surface area (Å²) in [5.74, 6) is -0.954. The molecule has 2 aliphatic rings. The molecule has 1 aromatic heterocycles. The Kier molecular flexibility index (Phi) is 3.74. The SMILES string of the molecule is Cc1cc2c(cc1C1(c3ccc(C(=O)O)cn3)CC1)C(O)CCC2(C)C. The molecule has 2 N–H and O–H groups in total. The maximum Gasteiger partial charge on any atom is 0.337 e. The van der Waals surface area contributed by atoms with Crippen molar-refractivity contribution in [2.45, 2.75) is 63.4 Å². The molecule has 1 heterocycles. The monoisotopic (exact) mass is 351 g/mol. The lowest BCUT2D eigenvalue weighted by atomic mass is 9.70. The fourth-order valence-electron chi connectivity index (χ4n) is 4.48. The molecule has 1 aromatic carbocycles. The van der Waals surface area contributed by atoms with Crippen LogP contribution < -0.4 is 0 Å². The number of benzene rings is 1. The number of aliphatic hydroxyl groups is 1. The number of carbonyl (C=O) groups is 1. The second kappa shape index (κ2) is 5.65. The van der Waals surface area contributed by atoms with E-state index in [-0.39, 0.29) is 16.4 Å². The summed E-state index contributed by atoms with van der Waals surface area (Å²) in [6, 6.07) is 7.92. The third-order valence-corrected chi connectivity index (χ3v) is 6.29. The van der Waals surface area contributed by atoms with Crippen molar-refractivity contribution in [1.82, 2.24) is 4.98 Å². The van der Waals surface area contributed by atoms with Crippen LogP contribution in [0.2, 0.25) is 0 Å². The Hall–Kier alpha value is -2.20. The molecular formula is C22H25NO3. The Balaban J connectivity index is 1.81. The fourth-order valence-corrected chi connectivity index (χ4v) is 4.48. The smallest absolute Gasteiger partial charge is 0.337 e. The zero-order valence-corrected chi connectivity index (χ0v) is 15.5. The molecule has 1 atom stereocenters. The van der Waals surface area contributed by atoms with E-state index in [1.807, 2.05) is 6.07 Å². The van der Waals surface area contributed by atoms with Crippen molar-refractivity contribution < 1.29 is 15.0 Å². The highest BCUT2D eigenvalue weighted by Gasteiger charge is 2.49. The number of nitrogens with zero attached hydrogens (tertiary/aromatic N) is 1. The summed E-state index contributed by atoms with van der Waals surface area (Å²) < 4.78 is 0. The highest BCUT2D eigenvalue weighted by Crippen LogP contribution is 2.55. The highest BCUT2D eigenvalue weighted by atomic mass is 16.4. The third kappa shape index (κ3) is 2.55. The standard InChI is InChI=1S/C22H25NO3/c1-13-10-17-15(18(24)6-7-21(17,2)3)11-16(13)22(8-9-22)19-5-4-14(12-23-19)20(25)26/h4-5,10-12,18,24H,6-9H2,1-3H3,(H,25,26). The molecule has 0 saturated heterocycles. The van der Waals surface area contributed by atoms with E-state index >= 15 is 0 Å². The Labute approximate surface area is 153 Å². The minimum atomic E-state index is -0.954. The minimum Gasteiger partial charge on any atom is -0.478 e. The van der Waals surface area contributed by atoms with Gasteiger partial charge >= 0.3 is 5.97 Å². The molecule has 0 spiro atoms. The molecule has 136 valence electrons. The van der Waals surface area contributed by atoms with E-state index in [1.54, 1.807) is 6.07 Å². The topological polar surface area (TPSA) is 70.4 Å². The van der Waals surface area contributed by atoms with Crippen molar-refractivity contribution in [1.29, 1.82) is 0 Å². The lowest BCUT2D eigenvalue weighted by Crippen LogP contribution is -2.27. The predicted molar refractivity (Wildman–Crippen MR) is 99.6 cm³/mol. The van der Waals surface area contributed by atoms with E-state index < -0.39 is 12.1 Å². The number of fused-ring (bicyclic) bond motifs is 1. The Morgan fingerprint density at radius 3 is 2.46 bits per heavy atom. The predicted octanol–water partition coefficient (Wildman–Crippen LogP) is 4.27. The number of carboxylic acid groups (broad SMARTS) is 1. The molecule has 0 radical (unpaired) electrons. The number of rotatable bonds is 3. The van der Waals surface area contributed by atoms with Crippen LogP contribution in [0.4, 0.5) is 0 Å². The van der Waals surface area contributed by atoms with Crippen molar-refractivity contribution >= 4 is 5.97 Å². The fraction of sp³-hybridized carbons (Fsp3) is 0.455. The number of pyridine rings is 1. The van der Waals surface area contributed by atoms with Crippen LogP contribution in [-0.4, -0.2) is 21.2 Å². The third-order valence-electron chi connectivity index (χ3n) is 6.29. The maximum absolute atomic E-state index is 11.1. The molecule has 26 heavy (non-hydrogen) atoms. The molecule has 1 saturated carbocycles. The van der Waals surface area contributed by atoms with Gasteiger partial charge in [0.05, 0.1) is 17.4 Å². The van der Waals surface area contributed by atoms with Crippen LogP contribution in [0.1, 0.15) is 83.9 Å². The van der Waals surface area contributed by atoms with Gasteiger partial charge in [0.2, 0.25) is 0 Å². The number of carboxylic acids is 1. The van der Waals surface area contributed by atoms with Gasteiger partial charge in [-0.25, -0.2) is 4.79 Å². The molecule has 2 aliphatic carbocycles. The summed E-state index contributed by atoms with van der Waals surface area (Å²) in [6.07, 6.45) is 4.83. The number of hydrogen-bond acceptors (Lipinski definition) is 3. The molecule has 1 fully saturated rings. The second-order valence-corrected chi connectivity index (χ2v) is 8.51. The van der Waals surface area contributed by atoms with Crippen molar-refractivity contribution in [2.24, 2.45) is 0 Å². The molecular weight excluding hydrogens is 326 g/mol.